The molecule has 1 aromatic carbocycles. The second kappa shape index (κ2) is 7.67. The van der Waals surface area contributed by atoms with Crippen molar-refractivity contribution >= 4 is 0 Å². The number of piperidine rings is 1. The molecule has 1 aliphatic heterocycles. The van der Waals surface area contributed by atoms with Gasteiger partial charge in [-0.25, -0.2) is 0 Å². The summed E-state index contributed by atoms with van der Waals surface area (Å²) in [6.07, 6.45) is 8.13. The number of nitrogens with zero attached hydrogens (tertiary/aromatic N) is 2. The summed E-state index contributed by atoms with van der Waals surface area (Å²) in [5, 5.41) is 0. The fourth-order valence-electron chi connectivity index (χ4n) is 4.38. The first-order valence-electron chi connectivity index (χ1n) is 9.88. The van der Waals surface area contributed by atoms with Gasteiger partial charge in [0.25, 0.3) is 5.56 Å². The summed E-state index contributed by atoms with van der Waals surface area (Å²) in [5.41, 5.74) is 1.97. The molecular weight excluding hydrogens is 324 g/mol. The number of rotatable bonds is 4. The zero-order valence-electron chi connectivity index (χ0n) is 15.6. The molecule has 2 fully saturated rings. The van der Waals surface area contributed by atoms with Crippen LogP contribution in [-0.4, -0.2) is 34.7 Å². The smallest absolute Gasteiger partial charge is 0.250 e. The van der Waals surface area contributed by atoms with Gasteiger partial charge in [-0.3, -0.25) is 4.79 Å². The van der Waals surface area contributed by atoms with E-state index in [1.165, 1.54) is 38.8 Å². The molecule has 138 valence electrons. The maximum atomic E-state index is 11.8. The molecule has 0 N–H and O–H groups in total. The van der Waals surface area contributed by atoms with E-state index in [4.69, 9.17) is 4.74 Å². The lowest BCUT2D eigenvalue weighted by Crippen LogP contribution is -2.43. The van der Waals surface area contributed by atoms with Crippen molar-refractivity contribution in [3.8, 4) is 17.0 Å². The minimum Gasteiger partial charge on any atom is -0.490 e. The van der Waals surface area contributed by atoms with Crippen LogP contribution in [-0.2, 0) is 7.05 Å². The van der Waals surface area contributed by atoms with Gasteiger partial charge < -0.3 is 14.2 Å². The Morgan fingerprint density at radius 1 is 0.923 bits per heavy atom. The molecule has 2 aliphatic rings. The van der Waals surface area contributed by atoms with Crippen molar-refractivity contribution in [2.75, 3.05) is 13.1 Å². The number of benzene rings is 1. The Bertz CT molecular complexity index is 783. The Morgan fingerprint density at radius 2 is 1.62 bits per heavy atom. The molecule has 4 heteroatoms. The highest BCUT2D eigenvalue weighted by Gasteiger charge is 2.27. The van der Waals surface area contributed by atoms with E-state index in [-0.39, 0.29) is 5.56 Å². The van der Waals surface area contributed by atoms with Crippen LogP contribution < -0.4 is 10.3 Å². The third-order valence-corrected chi connectivity index (χ3v) is 5.96. The van der Waals surface area contributed by atoms with Gasteiger partial charge in [0.15, 0.2) is 0 Å². The van der Waals surface area contributed by atoms with E-state index in [1.54, 1.807) is 23.7 Å². The highest BCUT2D eigenvalue weighted by atomic mass is 16.5. The normalized spacial score (nSPS) is 19.7. The maximum absolute atomic E-state index is 11.8. The molecule has 4 rings (SSSR count). The molecule has 1 aromatic heterocycles. The number of aromatic nitrogens is 1. The van der Waals surface area contributed by atoms with Gasteiger partial charge in [0, 0.05) is 32.2 Å². The lowest BCUT2D eigenvalue weighted by Gasteiger charge is -2.36. The number of likely N-dealkylation sites (tertiary alicyclic amines) is 1. The molecule has 0 amide bonds. The highest BCUT2D eigenvalue weighted by molar-refractivity contribution is 5.60. The first-order valence-corrected chi connectivity index (χ1v) is 9.88. The van der Waals surface area contributed by atoms with E-state index < -0.39 is 0 Å². The molecule has 0 atom stereocenters. The Kier molecular flexibility index (Phi) is 5.11. The number of hydrogen-bond donors (Lipinski definition) is 0. The lowest BCUT2D eigenvalue weighted by molar-refractivity contribution is 0.0768. The summed E-state index contributed by atoms with van der Waals surface area (Å²) in [5.74, 6) is 0.925. The first-order chi connectivity index (χ1) is 12.7. The van der Waals surface area contributed by atoms with Crippen LogP contribution in [0, 0.1) is 0 Å². The maximum Gasteiger partial charge on any atom is 0.250 e. The number of hydrogen-bond acceptors (Lipinski definition) is 3. The van der Waals surface area contributed by atoms with Crippen LogP contribution in [0.5, 0.6) is 5.75 Å². The summed E-state index contributed by atoms with van der Waals surface area (Å²) >= 11 is 0. The molecule has 1 saturated heterocycles. The Labute approximate surface area is 155 Å². The van der Waals surface area contributed by atoms with Crippen LogP contribution in [0.25, 0.3) is 11.3 Å². The van der Waals surface area contributed by atoms with Crippen LogP contribution in [0.15, 0.2) is 47.3 Å². The van der Waals surface area contributed by atoms with Gasteiger partial charge in [-0.05, 0) is 61.6 Å². The molecule has 0 bridgehead atoms. The molecule has 1 aliphatic carbocycles. The van der Waals surface area contributed by atoms with Crippen LogP contribution >= 0.6 is 0 Å². The van der Waals surface area contributed by atoms with Crippen LogP contribution in [0.4, 0.5) is 0 Å². The van der Waals surface area contributed by atoms with Gasteiger partial charge in [0.1, 0.15) is 11.9 Å². The van der Waals surface area contributed by atoms with Gasteiger partial charge in [-0.15, -0.1) is 0 Å². The van der Waals surface area contributed by atoms with Gasteiger partial charge in [0.05, 0.1) is 5.69 Å². The second-order valence-corrected chi connectivity index (χ2v) is 7.62. The molecule has 0 spiro atoms. The van der Waals surface area contributed by atoms with Crippen molar-refractivity contribution in [3.05, 3.63) is 52.8 Å². The Morgan fingerprint density at radius 3 is 2.31 bits per heavy atom. The van der Waals surface area contributed by atoms with E-state index in [9.17, 15) is 4.79 Å². The van der Waals surface area contributed by atoms with Gasteiger partial charge in [-0.1, -0.05) is 18.9 Å². The van der Waals surface area contributed by atoms with E-state index in [0.29, 0.717) is 6.10 Å². The van der Waals surface area contributed by atoms with Crippen molar-refractivity contribution in [1.29, 1.82) is 0 Å². The quantitative estimate of drug-likeness (QED) is 0.838. The third-order valence-electron chi connectivity index (χ3n) is 5.96. The monoisotopic (exact) mass is 352 g/mol. The summed E-state index contributed by atoms with van der Waals surface area (Å²) in [6, 6.07) is 14.3. The van der Waals surface area contributed by atoms with Crippen molar-refractivity contribution in [3.63, 3.8) is 0 Å². The molecular formula is C22H28N2O2. The Hall–Kier alpha value is -2.07. The highest BCUT2D eigenvalue weighted by Crippen LogP contribution is 2.28. The third kappa shape index (κ3) is 3.70. The van der Waals surface area contributed by atoms with Gasteiger partial charge >= 0.3 is 0 Å². The molecule has 2 heterocycles. The standard InChI is InChI=1S/C22H28N2O2/c1-23-21(7-4-8-22(23)25)17-9-11-19(12-10-17)26-20-13-15-24(16-14-20)18-5-2-3-6-18/h4,7-12,18,20H,2-3,5-6,13-16H2,1H3. The van der Waals surface area contributed by atoms with E-state index in [0.717, 1.165) is 35.9 Å². The molecule has 1 saturated carbocycles. The minimum absolute atomic E-state index is 0.0110. The summed E-state index contributed by atoms with van der Waals surface area (Å²) in [4.78, 5) is 14.5. The van der Waals surface area contributed by atoms with E-state index in [2.05, 4.69) is 4.90 Å². The summed E-state index contributed by atoms with van der Waals surface area (Å²) in [7, 11) is 1.81. The average Bonchev–Trinajstić information content (AvgIpc) is 3.20. The fourth-order valence-corrected chi connectivity index (χ4v) is 4.38. The van der Waals surface area contributed by atoms with E-state index >= 15 is 0 Å². The first kappa shape index (κ1) is 17.3. The number of ether oxygens (including phenoxy) is 1. The lowest BCUT2D eigenvalue weighted by atomic mass is 10.0. The van der Waals surface area contributed by atoms with Crippen LogP contribution in [0.2, 0.25) is 0 Å². The predicted octanol–water partition coefficient (Wildman–Crippen LogP) is 3.84. The predicted molar refractivity (Wildman–Crippen MR) is 105 cm³/mol. The molecule has 26 heavy (non-hydrogen) atoms. The van der Waals surface area contributed by atoms with E-state index in [1.807, 2.05) is 30.3 Å². The van der Waals surface area contributed by atoms with Crippen molar-refractivity contribution in [2.45, 2.75) is 50.7 Å². The van der Waals surface area contributed by atoms with Crippen molar-refractivity contribution in [2.24, 2.45) is 7.05 Å². The summed E-state index contributed by atoms with van der Waals surface area (Å²) < 4.78 is 7.89. The molecule has 4 nitrogen and oxygen atoms in total. The molecule has 2 aromatic rings. The van der Waals surface area contributed by atoms with Gasteiger partial charge in [-0.2, -0.15) is 0 Å². The average molecular weight is 352 g/mol. The molecule has 0 radical (unpaired) electrons. The topological polar surface area (TPSA) is 34.5 Å². The second-order valence-electron chi connectivity index (χ2n) is 7.62. The summed E-state index contributed by atoms with van der Waals surface area (Å²) in [6.45, 7) is 2.33. The SMILES string of the molecule is Cn1c(-c2ccc(OC3CCN(C4CCCC4)CC3)cc2)cccc1=O. The van der Waals surface area contributed by atoms with Crippen LogP contribution in [0.3, 0.4) is 0 Å². The fraction of sp³-hybridized carbons (Fsp3) is 0.500. The van der Waals surface area contributed by atoms with Crippen molar-refractivity contribution < 1.29 is 4.74 Å². The molecule has 0 unspecified atom stereocenters. The zero-order chi connectivity index (χ0) is 17.9. The largest absolute Gasteiger partial charge is 0.490 e. The van der Waals surface area contributed by atoms with Crippen molar-refractivity contribution in [1.82, 2.24) is 9.47 Å². The zero-order valence-corrected chi connectivity index (χ0v) is 15.6. The minimum atomic E-state index is 0.0110. The van der Waals surface area contributed by atoms with Crippen LogP contribution in [0.1, 0.15) is 38.5 Å². The number of pyridine rings is 1. The Balaban J connectivity index is 1.36. The van der Waals surface area contributed by atoms with Gasteiger partial charge in [0.2, 0.25) is 0 Å².